The van der Waals surface area contributed by atoms with Gasteiger partial charge in [0, 0.05) is 24.0 Å². The van der Waals surface area contributed by atoms with Crippen LogP contribution in [0.5, 0.6) is 0 Å². The molecule has 0 aliphatic carbocycles. The lowest BCUT2D eigenvalue weighted by Gasteiger charge is -2.30. The summed E-state index contributed by atoms with van der Waals surface area (Å²) < 4.78 is 0. The van der Waals surface area contributed by atoms with Gasteiger partial charge in [-0.05, 0) is 25.0 Å². The van der Waals surface area contributed by atoms with Gasteiger partial charge >= 0.3 is 0 Å². The molecule has 3 nitrogen and oxygen atoms in total. The number of likely N-dealkylation sites (tertiary alicyclic amines) is 1. The van der Waals surface area contributed by atoms with Crippen LogP contribution in [0.25, 0.3) is 0 Å². The molecule has 0 radical (unpaired) electrons. The monoisotopic (exact) mass is 318 g/mol. The minimum absolute atomic E-state index is 0.118. The maximum absolute atomic E-state index is 12.1. The topological polar surface area (TPSA) is 46.3 Å². The van der Waals surface area contributed by atoms with Crippen molar-refractivity contribution in [2.24, 2.45) is 5.73 Å². The van der Waals surface area contributed by atoms with Gasteiger partial charge in [0.2, 0.25) is 5.91 Å². The van der Waals surface area contributed by atoms with E-state index >= 15 is 0 Å². The summed E-state index contributed by atoms with van der Waals surface area (Å²) in [4.78, 5) is 14.7. The predicted octanol–water partition coefficient (Wildman–Crippen LogP) is 3.04. The third-order valence-electron chi connectivity index (χ3n) is 3.15. The van der Waals surface area contributed by atoms with Crippen LogP contribution in [0.3, 0.4) is 0 Å². The lowest BCUT2D eigenvalue weighted by Crippen LogP contribution is -2.43. The lowest BCUT2D eigenvalue weighted by atomic mass is 10.1. The first-order chi connectivity index (χ1) is 9.08. The van der Waals surface area contributed by atoms with Crippen molar-refractivity contribution in [1.82, 2.24) is 4.90 Å². The fourth-order valence-corrected chi connectivity index (χ4v) is 3.58. The lowest BCUT2D eigenvalue weighted by molar-refractivity contribution is -0.129. The third-order valence-corrected chi connectivity index (χ3v) is 5.13. The zero-order valence-corrected chi connectivity index (χ0v) is 12.8. The van der Waals surface area contributed by atoms with E-state index in [1.54, 1.807) is 18.2 Å². The van der Waals surface area contributed by atoms with E-state index in [-0.39, 0.29) is 11.9 Å². The summed E-state index contributed by atoms with van der Waals surface area (Å²) in [6.07, 6.45) is 1.76. The summed E-state index contributed by atoms with van der Waals surface area (Å²) in [5.74, 6) is 0.478. The van der Waals surface area contributed by atoms with Gasteiger partial charge in [-0.1, -0.05) is 29.3 Å². The highest BCUT2D eigenvalue weighted by molar-refractivity contribution is 8.00. The second-order valence-electron chi connectivity index (χ2n) is 4.56. The van der Waals surface area contributed by atoms with E-state index in [1.807, 2.05) is 4.90 Å². The van der Waals surface area contributed by atoms with E-state index < -0.39 is 0 Å². The summed E-state index contributed by atoms with van der Waals surface area (Å²) in [5, 5.41) is 1.18. The molecule has 0 bridgehead atoms. The van der Waals surface area contributed by atoms with Crippen LogP contribution < -0.4 is 5.73 Å². The van der Waals surface area contributed by atoms with Crippen LogP contribution in [-0.2, 0) is 4.79 Å². The fraction of sp³-hybridized carbons (Fsp3) is 0.462. The number of piperidine rings is 1. The second kappa shape index (κ2) is 6.84. The number of nitrogens with zero attached hydrogens (tertiary/aromatic N) is 1. The molecular weight excluding hydrogens is 303 g/mol. The Bertz CT molecular complexity index is 442. The van der Waals surface area contributed by atoms with Gasteiger partial charge in [0.15, 0.2) is 0 Å². The van der Waals surface area contributed by atoms with E-state index in [2.05, 4.69) is 0 Å². The van der Waals surface area contributed by atoms with E-state index in [0.29, 0.717) is 15.8 Å². The number of hydrogen-bond donors (Lipinski definition) is 1. The fourth-order valence-electron chi connectivity index (χ4n) is 1.99. The molecular formula is C13H16Cl2N2OS. The number of rotatable bonds is 3. The molecule has 1 fully saturated rings. The Morgan fingerprint density at radius 2 is 1.89 bits per heavy atom. The minimum atomic E-state index is 0.118. The molecule has 6 heteroatoms. The van der Waals surface area contributed by atoms with Crippen LogP contribution in [0.4, 0.5) is 0 Å². The Morgan fingerprint density at radius 3 is 2.47 bits per heavy atom. The Hall–Kier alpha value is -0.420. The van der Waals surface area contributed by atoms with Gasteiger partial charge in [0.1, 0.15) is 0 Å². The van der Waals surface area contributed by atoms with Crippen molar-refractivity contribution in [2.45, 2.75) is 23.8 Å². The maximum atomic E-state index is 12.1. The van der Waals surface area contributed by atoms with Crippen molar-refractivity contribution in [3.05, 3.63) is 28.2 Å². The van der Waals surface area contributed by atoms with Crippen molar-refractivity contribution in [3.8, 4) is 0 Å². The normalized spacial score (nSPS) is 16.7. The van der Waals surface area contributed by atoms with Crippen LogP contribution >= 0.6 is 35.0 Å². The Balaban J connectivity index is 1.90. The van der Waals surface area contributed by atoms with Gasteiger partial charge in [0.05, 0.1) is 15.8 Å². The average Bonchev–Trinajstić information content (AvgIpc) is 2.38. The second-order valence-corrected chi connectivity index (χ2v) is 6.36. The summed E-state index contributed by atoms with van der Waals surface area (Å²) in [5.41, 5.74) is 5.82. The molecule has 1 aliphatic rings. The highest BCUT2D eigenvalue weighted by Crippen LogP contribution is 2.33. The van der Waals surface area contributed by atoms with Gasteiger partial charge in [0.25, 0.3) is 0 Å². The van der Waals surface area contributed by atoms with Gasteiger partial charge in [-0.15, -0.1) is 11.8 Å². The number of carbonyl (C=O) groups is 1. The first-order valence-corrected chi connectivity index (χ1v) is 7.92. The number of thioether (sulfide) groups is 1. The molecule has 1 saturated heterocycles. The molecule has 0 atom stereocenters. The minimum Gasteiger partial charge on any atom is -0.342 e. The molecule has 0 saturated carbocycles. The average molecular weight is 319 g/mol. The van der Waals surface area contributed by atoms with Gasteiger partial charge < -0.3 is 10.6 Å². The van der Waals surface area contributed by atoms with Crippen molar-refractivity contribution in [2.75, 3.05) is 18.8 Å². The van der Waals surface area contributed by atoms with Gasteiger partial charge in [-0.3, -0.25) is 4.79 Å². The number of carbonyl (C=O) groups excluding carboxylic acids is 1. The standard InChI is InChI=1S/C13H16Cl2N2OS/c14-10-2-1-3-11(15)13(10)19-8-12(18)17-6-4-9(16)5-7-17/h1-3,9H,4-8,16H2. The SMILES string of the molecule is NC1CCN(C(=O)CSc2c(Cl)cccc2Cl)CC1. The van der Waals surface area contributed by atoms with Gasteiger partial charge in [-0.25, -0.2) is 0 Å². The van der Waals surface area contributed by atoms with Crippen molar-refractivity contribution in [1.29, 1.82) is 0 Å². The molecule has 0 unspecified atom stereocenters. The van der Waals surface area contributed by atoms with E-state index in [1.165, 1.54) is 11.8 Å². The van der Waals surface area contributed by atoms with Crippen LogP contribution in [0.2, 0.25) is 10.0 Å². The molecule has 1 aromatic rings. The first-order valence-electron chi connectivity index (χ1n) is 6.18. The quantitative estimate of drug-likeness (QED) is 0.871. The number of nitrogens with two attached hydrogens (primary N) is 1. The molecule has 1 heterocycles. The Labute approximate surface area is 127 Å². The maximum Gasteiger partial charge on any atom is 0.232 e. The summed E-state index contributed by atoms with van der Waals surface area (Å²) in [6.45, 7) is 1.49. The van der Waals surface area contributed by atoms with E-state index in [4.69, 9.17) is 28.9 Å². The first kappa shape index (κ1) is 15.0. The Morgan fingerprint density at radius 1 is 1.32 bits per heavy atom. The van der Waals surface area contributed by atoms with Crippen molar-refractivity contribution in [3.63, 3.8) is 0 Å². The van der Waals surface area contributed by atoms with Crippen molar-refractivity contribution >= 4 is 40.9 Å². The molecule has 1 aromatic carbocycles. The summed E-state index contributed by atoms with van der Waals surface area (Å²) in [7, 11) is 0. The summed E-state index contributed by atoms with van der Waals surface area (Å²) in [6, 6.07) is 5.58. The van der Waals surface area contributed by atoms with Crippen LogP contribution in [0.1, 0.15) is 12.8 Å². The molecule has 0 spiro atoms. The highest BCUT2D eigenvalue weighted by atomic mass is 35.5. The molecule has 104 valence electrons. The molecule has 2 rings (SSSR count). The van der Waals surface area contributed by atoms with E-state index in [0.717, 1.165) is 30.8 Å². The molecule has 0 aromatic heterocycles. The number of halogens is 2. The predicted molar refractivity (Wildman–Crippen MR) is 81.0 cm³/mol. The number of amides is 1. The smallest absolute Gasteiger partial charge is 0.232 e. The molecule has 2 N–H and O–H groups in total. The number of hydrogen-bond acceptors (Lipinski definition) is 3. The van der Waals surface area contributed by atoms with Crippen LogP contribution in [-0.4, -0.2) is 35.7 Å². The van der Waals surface area contributed by atoms with E-state index in [9.17, 15) is 4.79 Å². The third kappa shape index (κ3) is 4.02. The summed E-state index contributed by atoms with van der Waals surface area (Å²) >= 11 is 13.5. The van der Waals surface area contributed by atoms with Crippen LogP contribution in [0, 0.1) is 0 Å². The largest absolute Gasteiger partial charge is 0.342 e. The molecule has 19 heavy (non-hydrogen) atoms. The zero-order chi connectivity index (χ0) is 13.8. The molecule has 1 amide bonds. The molecule has 1 aliphatic heterocycles. The highest BCUT2D eigenvalue weighted by Gasteiger charge is 2.21. The van der Waals surface area contributed by atoms with Crippen LogP contribution in [0.15, 0.2) is 23.1 Å². The number of benzene rings is 1. The Kier molecular flexibility index (Phi) is 5.39. The van der Waals surface area contributed by atoms with Gasteiger partial charge in [-0.2, -0.15) is 0 Å². The van der Waals surface area contributed by atoms with Crippen molar-refractivity contribution < 1.29 is 4.79 Å². The zero-order valence-electron chi connectivity index (χ0n) is 10.4.